The number of ether oxygens (including phenoxy) is 1. The molecule has 0 aliphatic heterocycles. The Kier molecular flexibility index (Phi) is 5.02. The molecule has 1 aliphatic carbocycles. The van der Waals surface area contributed by atoms with Gasteiger partial charge < -0.3 is 10.1 Å². The molecule has 23 heavy (non-hydrogen) atoms. The molecule has 0 saturated heterocycles. The van der Waals surface area contributed by atoms with Crippen molar-refractivity contribution in [2.24, 2.45) is 0 Å². The fraction of sp³-hybridized carbons (Fsp3) is 0.333. The van der Waals surface area contributed by atoms with Crippen LogP contribution in [0.2, 0.25) is 0 Å². The summed E-state index contributed by atoms with van der Waals surface area (Å²) in [5, 5.41) is 2.49. The Labute approximate surface area is 129 Å². The Bertz CT molecular complexity index is 675. The summed E-state index contributed by atoms with van der Waals surface area (Å²) in [6, 6.07) is 0.00823. The van der Waals surface area contributed by atoms with Crippen molar-refractivity contribution in [1.82, 2.24) is 5.32 Å². The molecule has 0 bridgehead atoms. The van der Waals surface area contributed by atoms with Crippen molar-refractivity contribution >= 4 is 11.8 Å². The molecule has 0 spiro atoms. The maximum Gasteiger partial charge on any atom is 0.343 e. The average Bonchev–Trinajstić information content (AvgIpc) is 3.19. The highest BCUT2D eigenvalue weighted by Gasteiger charge is 2.37. The summed E-state index contributed by atoms with van der Waals surface area (Å²) in [6.45, 7) is 1.43. The van der Waals surface area contributed by atoms with Gasteiger partial charge in [-0.1, -0.05) is 0 Å². The quantitative estimate of drug-likeness (QED) is 0.165. The molecule has 4 nitrogen and oxygen atoms in total. The number of Topliss-reactive ketones (excluding diaryl/α,β-unsaturated/α-hetero) is 1. The first-order chi connectivity index (χ1) is 10.8. The van der Waals surface area contributed by atoms with Gasteiger partial charge in [-0.25, -0.2) is 22.4 Å². The third-order valence-corrected chi connectivity index (χ3v) is 3.15. The second-order valence-corrected chi connectivity index (χ2v) is 4.88. The number of carbonyl (C=O) groups excluding carboxylic acids is 2. The Morgan fingerprint density at radius 3 is 2.43 bits per heavy atom. The summed E-state index contributed by atoms with van der Waals surface area (Å²) in [7, 11) is 0. The molecular formula is C15H13F4NO3. The number of hydrogen-bond donors (Lipinski definition) is 1. The molecule has 0 amide bonds. The molecule has 2 atom stereocenters. The lowest BCUT2D eigenvalue weighted by Crippen LogP contribution is -2.22. The topological polar surface area (TPSA) is 55.4 Å². The number of carbonyl (C=O) groups is 2. The van der Waals surface area contributed by atoms with E-state index in [1.807, 2.05) is 0 Å². The summed E-state index contributed by atoms with van der Waals surface area (Å²) < 4.78 is 57.3. The fourth-order valence-electron chi connectivity index (χ4n) is 1.79. The van der Waals surface area contributed by atoms with Gasteiger partial charge >= 0.3 is 5.97 Å². The second-order valence-electron chi connectivity index (χ2n) is 4.88. The van der Waals surface area contributed by atoms with E-state index in [4.69, 9.17) is 0 Å². The van der Waals surface area contributed by atoms with Gasteiger partial charge in [-0.3, -0.25) is 4.79 Å². The van der Waals surface area contributed by atoms with E-state index in [9.17, 15) is 27.2 Å². The van der Waals surface area contributed by atoms with E-state index >= 15 is 0 Å². The molecule has 1 N–H and O–H groups in total. The highest BCUT2D eigenvalue weighted by molar-refractivity contribution is 6.24. The van der Waals surface area contributed by atoms with Crippen LogP contribution in [0.25, 0.3) is 0 Å². The van der Waals surface area contributed by atoms with Gasteiger partial charge in [0.25, 0.3) is 0 Å². The van der Waals surface area contributed by atoms with Gasteiger partial charge in [-0.15, -0.1) is 0 Å². The molecule has 1 fully saturated rings. The molecule has 1 aliphatic rings. The first-order valence-corrected chi connectivity index (χ1v) is 6.81. The molecule has 8 heteroatoms. The van der Waals surface area contributed by atoms with Crippen LogP contribution < -0.4 is 5.32 Å². The highest BCUT2D eigenvalue weighted by Crippen LogP contribution is 2.25. The summed E-state index contributed by atoms with van der Waals surface area (Å²) in [6.07, 6.45) is 0.0100. The Morgan fingerprint density at radius 2 is 1.87 bits per heavy atom. The van der Waals surface area contributed by atoms with Crippen LogP contribution in [0.15, 0.2) is 23.9 Å². The third-order valence-electron chi connectivity index (χ3n) is 3.15. The minimum absolute atomic E-state index is 0.0567. The lowest BCUT2D eigenvalue weighted by atomic mass is 10.0. The van der Waals surface area contributed by atoms with E-state index in [0.717, 1.165) is 6.20 Å². The predicted molar refractivity (Wildman–Crippen MR) is 71.8 cm³/mol. The van der Waals surface area contributed by atoms with Crippen molar-refractivity contribution < 1.29 is 31.9 Å². The van der Waals surface area contributed by atoms with Crippen LogP contribution >= 0.6 is 0 Å². The van der Waals surface area contributed by atoms with Gasteiger partial charge in [-0.2, -0.15) is 0 Å². The normalized spacial score (nSPS) is 20.1. The molecule has 1 aromatic rings. The van der Waals surface area contributed by atoms with Crippen LogP contribution in [0.5, 0.6) is 0 Å². The van der Waals surface area contributed by atoms with Crippen molar-refractivity contribution in [3.8, 4) is 0 Å². The van der Waals surface area contributed by atoms with Gasteiger partial charge in [0.15, 0.2) is 11.6 Å². The van der Waals surface area contributed by atoms with Crippen LogP contribution in [-0.2, 0) is 9.53 Å². The summed E-state index contributed by atoms with van der Waals surface area (Å²) in [5.41, 5.74) is -1.45. The maximum atomic E-state index is 13.7. The number of halogens is 4. The van der Waals surface area contributed by atoms with E-state index < -0.39 is 52.6 Å². The molecule has 0 radical (unpaired) electrons. The van der Waals surface area contributed by atoms with E-state index in [1.165, 1.54) is 6.92 Å². The molecule has 124 valence electrons. The van der Waals surface area contributed by atoms with Crippen LogP contribution in [0.1, 0.15) is 23.7 Å². The SMILES string of the molecule is CCOC(=O)C(=CNC1CC1F)C(=O)c1cc(F)c(F)cc1F. The number of nitrogens with one attached hydrogen (secondary N) is 1. The fourth-order valence-corrected chi connectivity index (χ4v) is 1.79. The minimum Gasteiger partial charge on any atom is -0.462 e. The van der Waals surface area contributed by atoms with E-state index in [0.29, 0.717) is 6.07 Å². The van der Waals surface area contributed by atoms with Gasteiger partial charge in [-0.05, 0) is 13.0 Å². The van der Waals surface area contributed by atoms with E-state index in [2.05, 4.69) is 10.1 Å². The smallest absolute Gasteiger partial charge is 0.343 e. The van der Waals surface area contributed by atoms with Crippen LogP contribution in [0, 0.1) is 17.5 Å². The number of hydrogen-bond acceptors (Lipinski definition) is 4. The number of esters is 1. The monoisotopic (exact) mass is 331 g/mol. The molecule has 0 heterocycles. The lowest BCUT2D eigenvalue weighted by molar-refractivity contribution is -0.138. The first-order valence-electron chi connectivity index (χ1n) is 6.81. The lowest BCUT2D eigenvalue weighted by Gasteiger charge is -2.08. The number of alkyl halides is 1. The predicted octanol–water partition coefficient (Wildman–Crippen LogP) is 2.43. The summed E-state index contributed by atoms with van der Waals surface area (Å²) in [5.74, 6) is -6.48. The Balaban J connectivity index is 2.32. The van der Waals surface area contributed by atoms with E-state index in [-0.39, 0.29) is 19.1 Å². The van der Waals surface area contributed by atoms with Gasteiger partial charge in [0.2, 0.25) is 5.78 Å². The van der Waals surface area contributed by atoms with Crippen molar-refractivity contribution in [3.05, 3.63) is 46.9 Å². The zero-order chi connectivity index (χ0) is 17.1. The number of benzene rings is 1. The van der Waals surface area contributed by atoms with Gasteiger partial charge in [0.05, 0.1) is 18.2 Å². The highest BCUT2D eigenvalue weighted by atomic mass is 19.2. The standard InChI is InChI=1S/C15H13F4NO3/c1-2-23-15(22)8(6-20-13-5-12(13)19)14(21)7-3-10(17)11(18)4-9(7)16/h3-4,6,12-13,20H,2,5H2,1H3. The molecule has 0 aromatic heterocycles. The second kappa shape index (κ2) is 6.80. The average molecular weight is 331 g/mol. The number of rotatable bonds is 6. The van der Waals surface area contributed by atoms with Crippen molar-refractivity contribution in [1.29, 1.82) is 0 Å². The van der Waals surface area contributed by atoms with Gasteiger partial charge in [0, 0.05) is 18.7 Å². The molecule has 1 aromatic carbocycles. The third kappa shape index (κ3) is 3.88. The zero-order valence-corrected chi connectivity index (χ0v) is 12.0. The Hall–Kier alpha value is -2.38. The Morgan fingerprint density at radius 1 is 1.26 bits per heavy atom. The van der Waals surface area contributed by atoms with Crippen LogP contribution in [0.3, 0.4) is 0 Å². The van der Waals surface area contributed by atoms with Gasteiger partial charge in [0.1, 0.15) is 17.6 Å². The largest absolute Gasteiger partial charge is 0.462 e. The maximum absolute atomic E-state index is 13.7. The minimum atomic E-state index is -1.46. The molecule has 2 rings (SSSR count). The molecular weight excluding hydrogens is 318 g/mol. The summed E-state index contributed by atoms with van der Waals surface area (Å²) in [4.78, 5) is 24.0. The van der Waals surface area contributed by atoms with Crippen LogP contribution in [-0.4, -0.2) is 30.6 Å². The molecule has 1 saturated carbocycles. The zero-order valence-electron chi connectivity index (χ0n) is 12.0. The first kappa shape index (κ1) is 17.0. The molecule has 2 unspecified atom stereocenters. The van der Waals surface area contributed by atoms with Crippen LogP contribution in [0.4, 0.5) is 17.6 Å². The summed E-state index contributed by atoms with van der Waals surface area (Å²) >= 11 is 0. The number of ketones is 1. The van der Waals surface area contributed by atoms with Crippen molar-refractivity contribution in [3.63, 3.8) is 0 Å². The van der Waals surface area contributed by atoms with E-state index in [1.54, 1.807) is 0 Å². The van der Waals surface area contributed by atoms with Crippen molar-refractivity contribution in [2.45, 2.75) is 25.6 Å². The van der Waals surface area contributed by atoms with Crippen molar-refractivity contribution in [2.75, 3.05) is 6.61 Å².